The largest absolute Gasteiger partial charge is 0.497 e. The highest BCUT2D eigenvalue weighted by Gasteiger charge is 2.27. The molecule has 28 heavy (non-hydrogen) atoms. The first-order valence-corrected chi connectivity index (χ1v) is 9.45. The summed E-state index contributed by atoms with van der Waals surface area (Å²) in [6.07, 6.45) is 2.05. The van der Waals surface area contributed by atoms with Gasteiger partial charge in [0.25, 0.3) is 0 Å². The van der Waals surface area contributed by atoms with Gasteiger partial charge >= 0.3 is 5.69 Å². The molecule has 3 aromatic rings. The number of piperidine rings is 1. The average molecular weight is 380 g/mol. The van der Waals surface area contributed by atoms with E-state index in [4.69, 9.17) is 10.5 Å². The number of methoxy groups -OCH3 is 1. The number of carbonyl (C=O) groups excluding carboxylic acids is 1. The van der Waals surface area contributed by atoms with Crippen molar-refractivity contribution in [1.29, 1.82) is 0 Å². The minimum atomic E-state index is -0.160. The third kappa shape index (κ3) is 3.47. The van der Waals surface area contributed by atoms with E-state index < -0.39 is 0 Å². The van der Waals surface area contributed by atoms with E-state index in [-0.39, 0.29) is 17.6 Å². The molecule has 2 aromatic carbocycles. The molecule has 7 heteroatoms. The Morgan fingerprint density at radius 1 is 1.29 bits per heavy atom. The number of carbonyl (C=O) groups is 1. The van der Waals surface area contributed by atoms with Gasteiger partial charge in [-0.25, -0.2) is 4.79 Å². The topological polar surface area (TPSA) is 93.3 Å². The van der Waals surface area contributed by atoms with Crippen LogP contribution in [0.3, 0.4) is 0 Å². The number of nitrogens with zero attached hydrogens (tertiary/aromatic N) is 2. The molecule has 1 aromatic heterocycles. The number of aromatic nitrogens is 2. The van der Waals surface area contributed by atoms with Gasteiger partial charge < -0.3 is 20.4 Å². The highest BCUT2D eigenvalue weighted by molar-refractivity contribution is 5.80. The van der Waals surface area contributed by atoms with Crippen LogP contribution in [0.4, 0.5) is 5.69 Å². The minimum Gasteiger partial charge on any atom is -0.497 e. The number of rotatable bonds is 4. The van der Waals surface area contributed by atoms with Crippen LogP contribution in [0.2, 0.25) is 0 Å². The quantitative estimate of drug-likeness (QED) is 0.680. The van der Waals surface area contributed by atoms with Gasteiger partial charge in [-0.3, -0.25) is 9.36 Å². The molecule has 0 bridgehead atoms. The Labute approximate surface area is 162 Å². The van der Waals surface area contributed by atoms with Crippen molar-refractivity contribution >= 4 is 22.6 Å². The SMILES string of the molecule is COc1cccc(CC(=O)N2CCC[C@H](n3c(=O)[nH]c4cc(N)ccc43)C2)c1. The molecule has 0 spiro atoms. The smallest absolute Gasteiger partial charge is 0.326 e. The summed E-state index contributed by atoms with van der Waals surface area (Å²) >= 11 is 0. The molecular weight excluding hydrogens is 356 g/mol. The number of amides is 1. The Morgan fingerprint density at radius 3 is 2.96 bits per heavy atom. The van der Waals surface area contributed by atoms with Crippen LogP contribution in [0.5, 0.6) is 5.75 Å². The molecule has 1 saturated heterocycles. The van der Waals surface area contributed by atoms with E-state index in [9.17, 15) is 9.59 Å². The second-order valence-corrected chi connectivity index (χ2v) is 7.24. The summed E-state index contributed by atoms with van der Waals surface area (Å²) < 4.78 is 7.00. The van der Waals surface area contributed by atoms with Crippen molar-refractivity contribution in [3.63, 3.8) is 0 Å². The molecule has 1 fully saturated rings. The van der Waals surface area contributed by atoms with Crippen molar-refractivity contribution in [2.75, 3.05) is 25.9 Å². The molecule has 1 aliphatic heterocycles. The number of H-pyrrole nitrogens is 1. The minimum absolute atomic E-state index is 0.0483. The van der Waals surface area contributed by atoms with Gasteiger partial charge in [-0.05, 0) is 48.7 Å². The molecule has 1 aliphatic rings. The molecule has 4 rings (SSSR count). The van der Waals surface area contributed by atoms with E-state index >= 15 is 0 Å². The molecule has 2 heterocycles. The van der Waals surface area contributed by atoms with Crippen LogP contribution in [-0.2, 0) is 11.2 Å². The zero-order chi connectivity index (χ0) is 19.7. The van der Waals surface area contributed by atoms with Gasteiger partial charge in [0.1, 0.15) is 5.75 Å². The summed E-state index contributed by atoms with van der Waals surface area (Å²) in [5.41, 5.74) is 8.75. The van der Waals surface area contributed by atoms with Crippen molar-refractivity contribution in [2.24, 2.45) is 0 Å². The van der Waals surface area contributed by atoms with Crippen LogP contribution in [0.25, 0.3) is 11.0 Å². The Balaban J connectivity index is 1.54. The number of nitrogen functional groups attached to an aromatic ring is 1. The number of anilines is 1. The van der Waals surface area contributed by atoms with Crippen molar-refractivity contribution in [3.8, 4) is 5.75 Å². The highest BCUT2D eigenvalue weighted by Crippen LogP contribution is 2.25. The van der Waals surface area contributed by atoms with E-state index in [2.05, 4.69) is 4.98 Å². The fourth-order valence-corrected chi connectivity index (χ4v) is 3.97. The highest BCUT2D eigenvalue weighted by atomic mass is 16.5. The number of nitrogens with two attached hydrogens (primary N) is 1. The second-order valence-electron chi connectivity index (χ2n) is 7.24. The monoisotopic (exact) mass is 380 g/mol. The van der Waals surface area contributed by atoms with E-state index in [1.165, 1.54) is 0 Å². The number of hydrogen-bond acceptors (Lipinski definition) is 4. The first-order chi connectivity index (χ1) is 13.5. The molecule has 3 N–H and O–H groups in total. The van der Waals surface area contributed by atoms with Gasteiger partial charge in [0, 0.05) is 18.8 Å². The number of aromatic amines is 1. The maximum absolute atomic E-state index is 12.8. The predicted molar refractivity (Wildman–Crippen MR) is 109 cm³/mol. The normalized spacial score (nSPS) is 17.0. The maximum atomic E-state index is 12.8. The standard InChI is InChI=1S/C21H24N4O3/c1-28-17-6-2-4-14(10-17)11-20(26)24-9-3-5-16(13-24)25-19-8-7-15(22)12-18(19)23-21(25)27/h2,4,6-8,10,12,16H,3,5,9,11,13,22H2,1H3,(H,23,27)/t16-/m0/s1. The van der Waals surface area contributed by atoms with Gasteiger partial charge in [-0.15, -0.1) is 0 Å². The van der Waals surface area contributed by atoms with Gasteiger partial charge in [-0.2, -0.15) is 0 Å². The number of nitrogens with one attached hydrogen (secondary N) is 1. The number of fused-ring (bicyclic) bond motifs is 1. The summed E-state index contributed by atoms with van der Waals surface area (Å²) in [4.78, 5) is 30.1. The van der Waals surface area contributed by atoms with Crippen molar-refractivity contribution < 1.29 is 9.53 Å². The first-order valence-electron chi connectivity index (χ1n) is 9.45. The van der Waals surface area contributed by atoms with Crippen LogP contribution in [-0.4, -0.2) is 40.6 Å². The number of likely N-dealkylation sites (tertiary alicyclic amines) is 1. The lowest BCUT2D eigenvalue weighted by Crippen LogP contribution is -2.43. The third-order valence-corrected chi connectivity index (χ3v) is 5.34. The van der Waals surface area contributed by atoms with Crippen molar-refractivity contribution in [2.45, 2.75) is 25.3 Å². The van der Waals surface area contributed by atoms with Gasteiger partial charge in [0.2, 0.25) is 5.91 Å². The summed E-state index contributed by atoms with van der Waals surface area (Å²) in [5, 5.41) is 0. The molecule has 0 aliphatic carbocycles. The molecular formula is C21H24N4O3. The summed E-state index contributed by atoms with van der Waals surface area (Å²) in [5.74, 6) is 0.807. The Hall–Kier alpha value is -3.22. The van der Waals surface area contributed by atoms with Gasteiger partial charge in [0.05, 0.1) is 30.6 Å². The molecule has 0 radical (unpaired) electrons. The molecule has 1 atom stereocenters. The Kier molecular flexibility index (Phi) is 4.81. The predicted octanol–water partition coefficient (Wildman–Crippen LogP) is 2.33. The Bertz CT molecular complexity index is 1070. The second kappa shape index (κ2) is 7.42. The summed E-state index contributed by atoms with van der Waals surface area (Å²) in [6, 6.07) is 12.9. The molecule has 0 saturated carbocycles. The lowest BCUT2D eigenvalue weighted by molar-refractivity contribution is -0.132. The summed E-state index contributed by atoms with van der Waals surface area (Å²) in [6.45, 7) is 1.24. The molecule has 7 nitrogen and oxygen atoms in total. The van der Waals surface area contributed by atoms with Crippen LogP contribution in [0.15, 0.2) is 47.3 Å². The summed E-state index contributed by atoms with van der Waals surface area (Å²) in [7, 11) is 1.61. The zero-order valence-corrected chi connectivity index (χ0v) is 15.9. The molecule has 0 unspecified atom stereocenters. The Morgan fingerprint density at radius 2 is 2.14 bits per heavy atom. The van der Waals surface area contributed by atoms with E-state index in [0.717, 1.165) is 35.2 Å². The van der Waals surface area contributed by atoms with Crippen LogP contribution < -0.4 is 16.2 Å². The average Bonchev–Trinajstić information content (AvgIpc) is 3.03. The maximum Gasteiger partial charge on any atom is 0.326 e. The number of hydrogen-bond donors (Lipinski definition) is 2. The van der Waals surface area contributed by atoms with Crippen molar-refractivity contribution in [1.82, 2.24) is 14.5 Å². The van der Waals surface area contributed by atoms with Gasteiger partial charge in [-0.1, -0.05) is 12.1 Å². The van der Waals surface area contributed by atoms with Gasteiger partial charge in [0.15, 0.2) is 0 Å². The molecule has 1 amide bonds. The fraction of sp³-hybridized carbons (Fsp3) is 0.333. The van der Waals surface area contributed by atoms with E-state index in [1.54, 1.807) is 23.8 Å². The number of ether oxygens (including phenoxy) is 1. The fourth-order valence-electron chi connectivity index (χ4n) is 3.97. The van der Waals surface area contributed by atoms with Crippen LogP contribution in [0.1, 0.15) is 24.4 Å². The first kappa shape index (κ1) is 18.2. The van der Waals surface area contributed by atoms with Crippen LogP contribution in [0, 0.1) is 0 Å². The lowest BCUT2D eigenvalue weighted by Gasteiger charge is -2.33. The van der Waals surface area contributed by atoms with E-state index in [1.807, 2.05) is 35.2 Å². The van der Waals surface area contributed by atoms with Crippen molar-refractivity contribution in [3.05, 3.63) is 58.5 Å². The van der Waals surface area contributed by atoms with Crippen LogP contribution >= 0.6 is 0 Å². The lowest BCUT2D eigenvalue weighted by atomic mass is 10.0. The number of imidazole rings is 1. The number of benzene rings is 2. The molecule has 146 valence electrons. The zero-order valence-electron chi connectivity index (χ0n) is 15.9. The van der Waals surface area contributed by atoms with E-state index in [0.29, 0.717) is 25.2 Å². The third-order valence-electron chi connectivity index (χ3n) is 5.34.